The van der Waals surface area contributed by atoms with Crippen LogP contribution in [0.15, 0.2) is 115 Å². The van der Waals surface area contributed by atoms with Gasteiger partial charge in [0.2, 0.25) is 35.4 Å². The van der Waals surface area contributed by atoms with E-state index in [-0.39, 0.29) is 81.0 Å². The lowest BCUT2D eigenvalue weighted by atomic mass is 9.80. The molecule has 0 bridgehead atoms. The normalized spacial score (nSPS) is 13.0. The second-order valence-corrected chi connectivity index (χ2v) is 23.7. The summed E-state index contributed by atoms with van der Waals surface area (Å²) in [7, 11) is 1.60. The Labute approximate surface area is 500 Å². The monoisotopic (exact) mass is 1170 g/mol. The van der Waals surface area contributed by atoms with E-state index in [9.17, 15) is 48.3 Å². The first-order valence-corrected chi connectivity index (χ1v) is 28.5. The number of hydrogen-bond donors (Lipinski definition) is 8. The Hall–Kier alpha value is -8.81. The molecule has 4 aromatic carbocycles. The predicted molar refractivity (Wildman–Crippen MR) is 331 cm³/mol. The number of carbonyl (C=O) groups is 9. The summed E-state index contributed by atoms with van der Waals surface area (Å²) in [6, 6.07) is 24.1. The molecule has 20 nitrogen and oxygen atoms in total. The molecule has 0 aliphatic carbocycles. The van der Waals surface area contributed by atoms with Crippen LogP contribution in [0.4, 0.5) is 26.7 Å². The fraction of sp³-hybridized carbons (Fsp3) is 0.431. The molecular weight excluding hydrogens is 1080 g/mol. The lowest BCUT2D eigenvalue weighted by molar-refractivity contribution is -0.140. The lowest BCUT2D eigenvalue weighted by Gasteiger charge is -2.38. The maximum absolute atomic E-state index is 14.0. The summed E-state index contributed by atoms with van der Waals surface area (Å²) in [5, 5.41) is 26.0. The average Bonchev–Trinajstić information content (AvgIpc) is 3.49. The molecule has 0 heterocycles. The van der Waals surface area contributed by atoms with Crippen LogP contribution in [0, 0.1) is 24.2 Å². The first-order valence-electron chi connectivity index (χ1n) is 28.5. The zero-order valence-corrected chi connectivity index (χ0v) is 51.2. The van der Waals surface area contributed by atoms with Crippen LogP contribution in [0.25, 0.3) is 6.08 Å². The van der Waals surface area contributed by atoms with Gasteiger partial charge in [-0.05, 0) is 108 Å². The standard InChI is InChI=1S/C65H87N9O11/c1-14-45-22-16-17-23-46(45)38-74(51-27-18-15-21-42(51)6)55(77)33-32-53(75)71-56(41(4)5)59(79)70-50(26-20-34-67-62(66)83)58(78)68-48-30-28-44(29-31-48)39-85-63(84)69-49-25-19-24-47(36-49)65(11,12)37-54(76)72-57(64(8,9)10)60(80)73(13)52(40(2)3)35-43(7)61(81)82/h14-19,21-25,27-31,35-36,40-41,50,52,56-57H,1,20,26,32-34,37-39H2,2-13H3,(H,68,78)(H,69,84)(H,70,79)(H,71,75)(H,72,76)(H,81,82)(H3,66,67,83)/b43-35+/t50-,52+,56-,57+/m0/s1. The third kappa shape index (κ3) is 21.4. The Bertz CT molecular complexity index is 3060. The van der Waals surface area contributed by atoms with Gasteiger partial charge in [0.25, 0.3) is 0 Å². The van der Waals surface area contributed by atoms with Gasteiger partial charge in [-0.25, -0.2) is 14.4 Å². The predicted octanol–water partition coefficient (Wildman–Crippen LogP) is 9.13. The van der Waals surface area contributed by atoms with Gasteiger partial charge in [0.1, 0.15) is 24.7 Å². The molecular formula is C65H87N9O11. The summed E-state index contributed by atoms with van der Waals surface area (Å²) < 4.78 is 5.53. The van der Waals surface area contributed by atoms with Gasteiger partial charge in [0.05, 0.1) is 12.6 Å². The molecule has 4 rings (SSSR count). The highest BCUT2D eigenvalue weighted by Gasteiger charge is 2.38. The molecule has 20 heteroatoms. The van der Waals surface area contributed by atoms with E-state index in [4.69, 9.17) is 10.5 Å². The van der Waals surface area contributed by atoms with Crippen molar-refractivity contribution in [1.82, 2.24) is 26.2 Å². The smallest absolute Gasteiger partial charge is 0.411 e. The van der Waals surface area contributed by atoms with Gasteiger partial charge in [-0.1, -0.05) is 148 Å². The van der Waals surface area contributed by atoms with E-state index in [0.29, 0.717) is 22.6 Å². The van der Waals surface area contributed by atoms with Crippen molar-refractivity contribution < 1.29 is 53.0 Å². The van der Waals surface area contributed by atoms with E-state index in [1.807, 2.05) is 110 Å². The molecule has 0 saturated carbocycles. The summed E-state index contributed by atoms with van der Waals surface area (Å²) in [4.78, 5) is 122. The quantitative estimate of drug-likeness (QED) is 0.0187. The number of carbonyl (C=O) groups excluding carboxylic acids is 8. The molecule has 0 radical (unpaired) electrons. The second-order valence-electron chi connectivity index (χ2n) is 23.7. The fourth-order valence-corrected chi connectivity index (χ4v) is 9.43. The number of aryl methyl sites for hydroxylation is 1. The largest absolute Gasteiger partial charge is 0.478 e. The van der Waals surface area contributed by atoms with E-state index in [0.717, 1.165) is 22.3 Å². The summed E-state index contributed by atoms with van der Waals surface area (Å²) in [5.74, 6) is -4.39. The van der Waals surface area contributed by atoms with Crippen molar-refractivity contribution in [2.24, 2.45) is 23.0 Å². The van der Waals surface area contributed by atoms with Crippen molar-refractivity contribution >= 4 is 76.7 Å². The van der Waals surface area contributed by atoms with Crippen molar-refractivity contribution in [2.45, 2.75) is 151 Å². The third-order valence-electron chi connectivity index (χ3n) is 14.5. The molecule has 458 valence electrons. The highest BCUT2D eigenvalue weighted by Crippen LogP contribution is 2.31. The summed E-state index contributed by atoms with van der Waals surface area (Å²) >= 11 is 0. The number of carboxylic acid groups (broad SMARTS) is 1. The van der Waals surface area contributed by atoms with Crippen LogP contribution in [-0.2, 0) is 56.9 Å². The third-order valence-corrected chi connectivity index (χ3v) is 14.5. The first kappa shape index (κ1) is 68.7. The van der Waals surface area contributed by atoms with Gasteiger partial charge in [-0.2, -0.15) is 0 Å². The Morgan fingerprint density at radius 2 is 1.41 bits per heavy atom. The van der Waals surface area contributed by atoms with Crippen LogP contribution in [0.2, 0.25) is 0 Å². The first-order chi connectivity index (χ1) is 39.9. The molecule has 0 fully saturated rings. The van der Waals surface area contributed by atoms with Gasteiger partial charge < -0.3 is 52.0 Å². The molecule has 4 atom stereocenters. The number of ether oxygens (including phenoxy) is 1. The van der Waals surface area contributed by atoms with Crippen molar-refractivity contribution in [1.29, 1.82) is 0 Å². The summed E-state index contributed by atoms with van der Waals surface area (Å²) in [6.45, 7) is 24.1. The number of nitrogens with zero attached hydrogens (tertiary/aromatic N) is 2. The molecule has 0 aliphatic heterocycles. The molecule has 0 unspecified atom stereocenters. The van der Waals surface area contributed by atoms with Gasteiger partial charge in [0.15, 0.2) is 0 Å². The van der Waals surface area contributed by atoms with Crippen molar-refractivity contribution in [3.05, 3.63) is 143 Å². The van der Waals surface area contributed by atoms with Crippen LogP contribution >= 0.6 is 0 Å². The van der Waals surface area contributed by atoms with Crippen LogP contribution < -0.4 is 42.5 Å². The van der Waals surface area contributed by atoms with Crippen LogP contribution in [0.3, 0.4) is 0 Å². The van der Waals surface area contributed by atoms with E-state index < -0.39 is 76.7 Å². The van der Waals surface area contributed by atoms with E-state index in [2.05, 4.69) is 38.5 Å². The van der Waals surface area contributed by atoms with E-state index >= 15 is 0 Å². The average molecular weight is 1170 g/mol. The second kappa shape index (κ2) is 31.7. The number of anilines is 3. The number of rotatable bonds is 29. The van der Waals surface area contributed by atoms with Gasteiger partial charge >= 0.3 is 18.1 Å². The SMILES string of the molecule is C=Cc1ccccc1CN(C(=O)CCC(=O)N[C@H](C(=O)N[C@@H](CCCNC(N)=O)C(=O)Nc1ccc(COC(=O)Nc2cccc(C(C)(C)CC(=O)N[C@H](C(=O)N(C)[C@H](/C=C(\C)C(=O)O)C(C)C)C(C)(C)C)c2)cc1)C(C)C)c1ccccc1C. The fourth-order valence-electron chi connectivity index (χ4n) is 9.43. The molecule has 0 spiro atoms. The Balaban J connectivity index is 1.36. The minimum absolute atomic E-state index is 0.0102. The number of urea groups is 1. The highest BCUT2D eigenvalue weighted by atomic mass is 16.5. The van der Waals surface area contributed by atoms with E-state index in [1.165, 1.54) is 11.8 Å². The molecule has 9 amide bonds. The van der Waals surface area contributed by atoms with Gasteiger partial charge in [0, 0.05) is 55.5 Å². The maximum Gasteiger partial charge on any atom is 0.411 e. The minimum Gasteiger partial charge on any atom is -0.478 e. The van der Waals surface area contributed by atoms with E-state index in [1.54, 1.807) is 80.4 Å². The Morgan fingerprint density at radius 3 is 2.02 bits per heavy atom. The molecule has 9 N–H and O–H groups in total. The number of aliphatic carboxylic acids is 1. The number of para-hydroxylation sites is 1. The van der Waals surface area contributed by atoms with Gasteiger partial charge in [-0.3, -0.25) is 34.1 Å². The zero-order chi connectivity index (χ0) is 63.3. The molecule has 4 aromatic rings. The summed E-state index contributed by atoms with van der Waals surface area (Å²) in [6.07, 6.45) is 2.48. The zero-order valence-electron chi connectivity index (χ0n) is 51.2. The highest BCUT2D eigenvalue weighted by molar-refractivity contribution is 5.99. The Morgan fingerprint density at radius 1 is 0.753 bits per heavy atom. The van der Waals surface area contributed by atoms with Crippen LogP contribution in [-0.4, -0.2) is 101 Å². The van der Waals surface area contributed by atoms with Crippen molar-refractivity contribution in [3.63, 3.8) is 0 Å². The number of amides is 9. The summed E-state index contributed by atoms with van der Waals surface area (Å²) in [5.41, 5.74) is 9.32. The van der Waals surface area contributed by atoms with Gasteiger partial charge in [-0.15, -0.1) is 0 Å². The number of benzene rings is 4. The minimum atomic E-state index is -1.12. The lowest BCUT2D eigenvalue weighted by Crippen LogP contribution is -2.56. The maximum atomic E-state index is 14.0. The number of carboxylic acids is 1. The topological polar surface area (TPSA) is 288 Å². The number of hydrogen-bond acceptors (Lipinski definition) is 10. The number of primary amides is 1. The molecule has 85 heavy (non-hydrogen) atoms. The Kier molecular flexibility index (Phi) is 25.6. The molecule has 0 aliphatic rings. The van der Waals surface area contributed by atoms with Crippen LogP contribution in [0.1, 0.15) is 129 Å². The van der Waals surface area contributed by atoms with Crippen molar-refractivity contribution in [3.8, 4) is 0 Å². The molecule has 0 saturated heterocycles. The number of nitrogens with two attached hydrogens (primary N) is 1. The number of nitrogens with one attached hydrogen (secondary N) is 6. The molecule has 0 aromatic heterocycles. The van der Waals surface area contributed by atoms with Crippen LogP contribution in [0.5, 0.6) is 0 Å². The number of likely N-dealkylation sites (N-methyl/N-ethyl adjacent to an activating group) is 1. The van der Waals surface area contributed by atoms with Crippen molar-refractivity contribution in [2.75, 3.05) is 29.1 Å².